The molecule has 1 saturated heterocycles. The van der Waals surface area contributed by atoms with Crippen LogP contribution in [-0.2, 0) is 22.7 Å². The molecule has 240 valence electrons. The molecule has 0 unspecified atom stereocenters. The fourth-order valence-corrected chi connectivity index (χ4v) is 7.84. The zero-order valence-electron chi connectivity index (χ0n) is 26.1. The van der Waals surface area contributed by atoms with E-state index in [1.807, 2.05) is 42.5 Å². The van der Waals surface area contributed by atoms with Crippen molar-refractivity contribution >= 4 is 17.5 Å². The summed E-state index contributed by atoms with van der Waals surface area (Å²) < 4.78 is 9.92. The summed E-state index contributed by atoms with van der Waals surface area (Å²) in [6, 6.07) is 31.4. The maximum absolute atomic E-state index is 14.6. The minimum Gasteiger partial charge on any atom is -0.508 e. The Labute approximate surface area is 275 Å². The van der Waals surface area contributed by atoms with Gasteiger partial charge in [0, 0.05) is 17.5 Å². The number of carbonyl (C=O) groups excluding carboxylic acids is 2. The second-order valence-electron chi connectivity index (χ2n) is 12.7. The molecular weight excluding hydrogens is 608 g/mol. The maximum Gasteiger partial charge on any atom is 0.352 e. The van der Waals surface area contributed by atoms with Crippen LogP contribution in [-0.4, -0.2) is 30.9 Å². The number of allylic oxidation sites excluding steroid dienone is 2. The highest BCUT2D eigenvalue weighted by Crippen LogP contribution is 2.62. The van der Waals surface area contributed by atoms with Gasteiger partial charge in [-0.15, -0.1) is 0 Å². The number of para-hydroxylation sites is 2. The summed E-state index contributed by atoms with van der Waals surface area (Å²) in [5.74, 6) is -2.05. The van der Waals surface area contributed by atoms with Gasteiger partial charge in [-0.2, -0.15) is 0 Å². The van der Waals surface area contributed by atoms with Crippen molar-refractivity contribution in [1.29, 1.82) is 0 Å². The SMILES string of the molecule is C[C@@]12C(=O)N(c3ccccc3)C(=O)[C@@H]1C[C@@H]1C(=CCn3c(=O)n(-c4ccccc4)c(=O)n31)[C@@H]2c1ccc(OCc2ccccc2)cc1O. The van der Waals surface area contributed by atoms with Crippen molar-refractivity contribution < 1.29 is 19.4 Å². The van der Waals surface area contributed by atoms with Crippen molar-refractivity contribution in [1.82, 2.24) is 13.9 Å². The van der Waals surface area contributed by atoms with Crippen LogP contribution in [0, 0.1) is 11.3 Å². The van der Waals surface area contributed by atoms with Crippen LogP contribution in [0.2, 0.25) is 0 Å². The second-order valence-corrected chi connectivity index (χ2v) is 12.7. The molecule has 1 saturated carbocycles. The van der Waals surface area contributed by atoms with Gasteiger partial charge in [0.25, 0.3) is 0 Å². The molecule has 2 amide bonds. The third kappa shape index (κ3) is 4.32. The number of phenolic OH excluding ortho intramolecular Hbond substituents is 1. The topological polar surface area (TPSA) is 116 Å². The molecule has 1 N–H and O–H groups in total. The third-order valence-electron chi connectivity index (χ3n) is 10.1. The Morgan fingerprint density at radius 1 is 0.812 bits per heavy atom. The lowest BCUT2D eigenvalue weighted by Gasteiger charge is -2.47. The van der Waals surface area contributed by atoms with Gasteiger partial charge < -0.3 is 9.84 Å². The van der Waals surface area contributed by atoms with Crippen LogP contribution in [0.4, 0.5) is 5.69 Å². The average molecular weight is 641 g/mol. The lowest BCUT2D eigenvalue weighted by Crippen LogP contribution is -2.49. The Hall–Kier alpha value is -5.90. The minimum atomic E-state index is -1.30. The molecule has 2 aliphatic heterocycles. The first-order valence-corrected chi connectivity index (χ1v) is 15.9. The van der Waals surface area contributed by atoms with Gasteiger partial charge in [0.2, 0.25) is 11.8 Å². The van der Waals surface area contributed by atoms with Gasteiger partial charge in [0.05, 0.1) is 35.3 Å². The number of aromatic hydroxyl groups is 1. The number of benzene rings is 4. The zero-order chi connectivity index (χ0) is 33.2. The highest BCUT2D eigenvalue weighted by Gasteiger charge is 2.65. The Kier molecular flexibility index (Phi) is 6.83. The van der Waals surface area contributed by atoms with E-state index in [4.69, 9.17) is 4.74 Å². The molecule has 4 aromatic carbocycles. The number of rotatable bonds is 6. The average Bonchev–Trinajstić information content (AvgIpc) is 3.48. The van der Waals surface area contributed by atoms with E-state index in [2.05, 4.69) is 0 Å². The van der Waals surface area contributed by atoms with E-state index in [9.17, 15) is 24.3 Å². The standard InChI is InChI=1S/C38H32N4O6/c1-38-30(34(44)40(35(38)45)25-13-7-3-8-14-25)22-31-28(19-20-39-36(46)41(37(47)42(31)39)26-15-9-4-10-16-26)33(38)29-18-17-27(21-32(29)43)48-23-24-11-5-2-6-12-24/h2-19,21,30-31,33,43H,20,22-23H2,1H3/t30-,31+,33+,38+/m0/s1. The van der Waals surface area contributed by atoms with Gasteiger partial charge in [0.1, 0.15) is 18.1 Å². The third-order valence-corrected chi connectivity index (χ3v) is 10.1. The molecule has 10 heteroatoms. The number of anilines is 1. The normalized spacial score (nSPS) is 22.9. The van der Waals surface area contributed by atoms with Crippen LogP contribution in [0.3, 0.4) is 0 Å². The lowest BCUT2D eigenvalue weighted by atomic mass is 9.56. The van der Waals surface area contributed by atoms with E-state index in [-0.39, 0.29) is 30.5 Å². The Balaban J connectivity index is 1.26. The monoisotopic (exact) mass is 640 g/mol. The van der Waals surface area contributed by atoms with E-state index in [1.165, 1.54) is 20.3 Å². The molecule has 1 aromatic heterocycles. The van der Waals surface area contributed by atoms with Gasteiger partial charge in [0.15, 0.2) is 0 Å². The fraction of sp³-hybridized carbons (Fsp3) is 0.211. The molecule has 10 nitrogen and oxygen atoms in total. The summed E-state index contributed by atoms with van der Waals surface area (Å²) in [6.07, 6.45) is 2.00. The van der Waals surface area contributed by atoms with Crippen molar-refractivity contribution in [2.75, 3.05) is 4.90 Å². The van der Waals surface area contributed by atoms with Crippen LogP contribution in [0.15, 0.2) is 130 Å². The van der Waals surface area contributed by atoms with E-state index in [0.717, 1.165) is 10.1 Å². The van der Waals surface area contributed by atoms with Crippen LogP contribution in [0.5, 0.6) is 11.5 Å². The summed E-state index contributed by atoms with van der Waals surface area (Å²) in [5, 5.41) is 11.6. The van der Waals surface area contributed by atoms with Crippen LogP contribution < -0.4 is 21.0 Å². The summed E-state index contributed by atoms with van der Waals surface area (Å²) in [5.41, 5.74) is 0.673. The van der Waals surface area contributed by atoms with E-state index < -0.39 is 34.7 Å². The number of carbonyl (C=O) groups is 2. The molecule has 4 atom stereocenters. The predicted octanol–water partition coefficient (Wildman–Crippen LogP) is 4.95. The zero-order valence-corrected chi connectivity index (χ0v) is 26.1. The van der Waals surface area contributed by atoms with Crippen LogP contribution >= 0.6 is 0 Å². The summed E-state index contributed by atoms with van der Waals surface area (Å²) in [6.45, 7) is 2.16. The molecule has 0 radical (unpaired) electrons. The number of amides is 2. The van der Waals surface area contributed by atoms with Gasteiger partial charge in [-0.25, -0.2) is 28.4 Å². The minimum absolute atomic E-state index is 0.0839. The van der Waals surface area contributed by atoms with Crippen molar-refractivity contribution in [2.45, 2.75) is 38.5 Å². The number of hydrogen-bond donors (Lipinski definition) is 1. The summed E-state index contributed by atoms with van der Waals surface area (Å²) in [7, 11) is 0. The quantitative estimate of drug-likeness (QED) is 0.208. The molecule has 3 heterocycles. The first-order valence-electron chi connectivity index (χ1n) is 15.9. The fourth-order valence-electron chi connectivity index (χ4n) is 7.84. The molecule has 2 fully saturated rings. The predicted molar refractivity (Wildman–Crippen MR) is 178 cm³/mol. The van der Waals surface area contributed by atoms with Crippen LogP contribution in [0.25, 0.3) is 5.69 Å². The number of ether oxygens (including phenoxy) is 1. The molecule has 0 bridgehead atoms. The Morgan fingerprint density at radius 2 is 1.46 bits per heavy atom. The maximum atomic E-state index is 14.6. The van der Waals surface area contributed by atoms with Crippen molar-refractivity contribution in [3.63, 3.8) is 0 Å². The highest BCUT2D eigenvalue weighted by atomic mass is 16.5. The summed E-state index contributed by atoms with van der Waals surface area (Å²) in [4.78, 5) is 57.8. The molecular formula is C38H32N4O6. The number of imide groups is 1. The molecule has 5 aromatic rings. The molecule has 1 aliphatic carbocycles. The van der Waals surface area contributed by atoms with Crippen molar-refractivity contribution in [2.24, 2.45) is 11.3 Å². The van der Waals surface area contributed by atoms with Gasteiger partial charge >= 0.3 is 11.4 Å². The Bertz CT molecular complexity index is 2220. The van der Waals surface area contributed by atoms with Crippen molar-refractivity contribution in [3.8, 4) is 17.2 Å². The number of nitrogens with zero attached hydrogens (tertiary/aromatic N) is 4. The highest BCUT2D eigenvalue weighted by molar-refractivity contribution is 6.24. The smallest absolute Gasteiger partial charge is 0.352 e. The number of aromatic nitrogens is 3. The number of fused-ring (bicyclic) bond motifs is 4. The molecule has 0 spiro atoms. The number of hydrogen-bond acceptors (Lipinski definition) is 6. The second kappa shape index (κ2) is 11.1. The molecule has 3 aliphatic rings. The van der Waals surface area contributed by atoms with Gasteiger partial charge in [-0.3, -0.25) is 9.59 Å². The first kappa shape index (κ1) is 29.5. The Morgan fingerprint density at radius 3 is 2.12 bits per heavy atom. The summed E-state index contributed by atoms with van der Waals surface area (Å²) >= 11 is 0. The first-order chi connectivity index (χ1) is 23.3. The van der Waals surface area contributed by atoms with E-state index >= 15 is 0 Å². The lowest BCUT2D eigenvalue weighted by molar-refractivity contribution is -0.129. The largest absolute Gasteiger partial charge is 0.508 e. The molecule has 8 rings (SSSR count). The molecule has 48 heavy (non-hydrogen) atoms. The van der Waals surface area contributed by atoms with Gasteiger partial charge in [-0.05, 0) is 54.8 Å². The van der Waals surface area contributed by atoms with E-state index in [1.54, 1.807) is 73.7 Å². The van der Waals surface area contributed by atoms with Gasteiger partial charge in [-0.1, -0.05) is 78.9 Å². The van der Waals surface area contributed by atoms with Crippen LogP contribution in [0.1, 0.15) is 36.4 Å². The number of phenols is 1. The van der Waals surface area contributed by atoms with E-state index in [0.29, 0.717) is 34.9 Å². The van der Waals surface area contributed by atoms with Crippen molar-refractivity contribution in [3.05, 3.63) is 153 Å².